The van der Waals surface area contributed by atoms with Gasteiger partial charge in [0.15, 0.2) is 0 Å². The van der Waals surface area contributed by atoms with E-state index in [9.17, 15) is 9.59 Å². The van der Waals surface area contributed by atoms with Crippen LogP contribution in [0.25, 0.3) is 10.2 Å². The maximum atomic E-state index is 13.6. The standard InChI is InChI=1S/C25H29N3O2S/c1-25(24(30)26-19-10-6-3-7-11-19)17-27-20-13-15-31-22(20)16-21(27)23(29)28(25)14-12-18-8-4-2-5-9-18/h2,4-5,8-9,13,15-16,19H,3,6-7,10-12,14,17H2,1H3,(H,26,30). The van der Waals surface area contributed by atoms with Crippen LogP contribution in [0.4, 0.5) is 0 Å². The Balaban J connectivity index is 1.47. The zero-order valence-electron chi connectivity index (χ0n) is 18.0. The first-order valence-corrected chi connectivity index (χ1v) is 12.2. The number of benzene rings is 1. The van der Waals surface area contributed by atoms with Gasteiger partial charge in [0, 0.05) is 12.6 Å². The lowest BCUT2D eigenvalue weighted by Crippen LogP contribution is -2.65. The fourth-order valence-electron chi connectivity index (χ4n) is 5.10. The Labute approximate surface area is 187 Å². The molecule has 0 bridgehead atoms. The number of hydrogen-bond donors (Lipinski definition) is 1. The van der Waals surface area contributed by atoms with Crippen LogP contribution >= 0.6 is 11.3 Å². The van der Waals surface area contributed by atoms with E-state index in [1.807, 2.05) is 46.0 Å². The highest BCUT2D eigenvalue weighted by molar-refractivity contribution is 7.17. The molecular formula is C25H29N3O2S. The molecule has 0 spiro atoms. The zero-order chi connectivity index (χ0) is 21.4. The molecule has 1 aliphatic heterocycles. The molecule has 1 atom stereocenters. The van der Waals surface area contributed by atoms with E-state index in [1.54, 1.807) is 11.3 Å². The first-order chi connectivity index (χ1) is 15.1. The Morgan fingerprint density at radius 1 is 1.16 bits per heavy atom. The Bertz CT molecular complexity index is 1100. The fourth-order valence-corrected chi connectivity index (χ4v) is 5.92. The minimum absolute atomic E-state index is 0.0245. The number of carbonyl (C=O) groups excluding carboxylic acids is 2. The van der Waals surface area contributed by atoms with Crippen molar-refractivity contribution < 1.29 is 9.59 Å². The van der Waals surface area contributed by atoms with Crippen LogP contribution in [0.15, 0.2) is 47.8 Å². The van der Waals surface area contributed by atoms with Crippen LogP contribution in [-0.2, 0) is 17.8 Å². The SMILES string of the molecule is CC1(C(=O)NC2CCCCC2)Cn2c(cc3sccc32)C(=O)N1CCc1ccccc1. The predicted octanol–water partition coefficient (Wildman–Crippen LogP) is 4.61. The van der Waals surface area contributed by atoms with Crippen molar-refractivity contribution in [2.24, 2.45) is 0 Å². The van der Waals surface area contributed by atoms with Crippen molar-refractivity contribution in [3.63, 3.8) is 0 Å². The molecule has 6 heteroatoms. The summed E-state index contributed by atoms with van der Waals surface area (Å²) in [6.07, 6.45) is 6.36. The highest BCUT2D eigenvalue weighted by atomic mass is 32.1. The molecule has 1 aliphatic carbocycles. The van der Waals surface area contributed by atoms with E-state index in [-0.39, 0.29) is 17.9 Å². The number of rotatable bonds is 5. The topological polar surface area (TPSA) is 54.3 Å². The van der Waals surface area contributed by atoms with Crippen LogP contribution in [0.2, 0.25) is 0 Å². The molecule has 1 saturated carbocycles. The highest BCUT2D eigenvalue weighted by Gasteiger charge is 2.48. The number of thiophene rings is 1. The van der Waals surface area contributed by atoms with Gasteiger partial charge >= 0.3 is 0 Å². The second-order valence-corrected chi connectivity index (χ2v) is 10.0. The van der Waals surface area contributed by atoms with E-state index in [0.29, 0.717) is 18.8 Å². The number of aromatic nitrogens is 1. The van der Waals surface area contributed by atoms with Gasteiger partial charge in [-0.2, -0.15) is 0 Å². The van der Waals surface area contributed by atoms with E-state index in [2.05, 4.69) is 23.5 Å². The van der Waals surface area contributed by atoms with Gasteiger partial charge in [0.05, 0.1) is 16.8 Å². The number of amides is 2. The number of fused-ring (bicyclic) bond motifs is 3. The monoisotopic (exact) mass is 435 g/mol. The number of nitrogens with zero attached hydrogens (tertiary/aromatic N) is 2. The summed E-state index contributed by atoms with van der Waals surface area (Å²) >= 11 is 1.64. The van der Waals surface area contributed by atoms with Crippen LogP contribution in [0, 0.1) is 0 Å². The molecule has 3 heterocycles. The van der Waals surface area contributed by atoms with Gasteiger partial charge in [0.1, 0.15) is 11.2 Å². The van der Waals surface area contributed by atoms with Crippen molar-refractivity contribution in [2.45, 2.75) is 63.6 Å². The zero-order valence-corrected chi connectivity index (χ0v) is 18.8. The summed E-state index contributed by atoms with van der Waals surface area (Å²) in [5.74, 6) is -0.0737. The van der Waals surface area contributed by atoms with Gasteiger partial charge in [0.25, 0.3) is 5.91 Å². The van der Waals surface area contributed by atoms with E-state index >= 15 is 0 Å². The number of carbonyl (C=O) groups is 2. The molecule has 5 nitrogen and oxygen atoms in total. The Kier molecular flexibility index (Phi) is 5.34. The molecule has 3 aromatic rings. The number of nitrogens with one attached hydrogen (secondary N) is 1. The lowest BCUT2D eigenvalue weighted by atomic mass is 9.91. The Morgan fingerprint density at radius 3 is 2.71 bits per heavy atom. The van der Waals surface area contributed by atoms with Crippen LogP contribution < -0.4 is 5.32 Å². The molecule has 2 aromatic heterocycles. The van der Waals surface area contributed by atoms with Crippen LogP contribution in [0.3, 0.4) is 0 Å². The molecule has 0 radical (unpaired) electrons. The lowest BCUT2D eigenvalue weighted by molar-refractivity contribution is -0.133. The largest absolute Gasteiger partial charge is 0.351 e. The fraction of sp³-hybridized carbons (Fsp3) is 0.440. The van der Waals surface area contributed by atoms with E-state index < -0.39 is 5.54 Å². The van der Waals surface area contributed by atoms with Crippen molar-refractivity contribution in [3.05, 3.63) is 59.1 Å². The average Bonchev–Trinajstić information content (AvgIpc) is 3.37. The minimum atomic E-state index is -0.913. The van der Waals surface area contributed by atoms with Gasteiger partial charge in [-0.3, -0.25) is 9.59 Å². The minimum Gasteiger partial charge on any atom is -0.351 e. The summed E-state index contributed by atoms with van der Waals surface area (Å²) in [4.78, 5) is 29.1. The predicted molar refractivity (Wildman–Crippen MR) is 124 cm³/mol. The summed E-state index contributed by atoms with van der Waals surface area (Å²) in [7, 11) is 0. The third-order valence-corrected chi connectivity index (χ3v) is 7.80. The summed E-state index contributed by atoms with van der Waals surface area (Å²) in [6.45, 7) is 2.95. The molecule has 2 amide bonds. The van der Waals surface area contributed by atoms with Crippen LogP contribution in [0.1, 0.15) is 55.1 Å². The average molecular weight is 436 g/mol. The van der Waals surface area contributed by atoms with Crippen molar-refractivity contribution in [3.8, 4) is 0 Å². The van der Waals surface area contributed by atoms with Gasteiger partial charge in [-0.05, 0) is 49.3 Å². The first kappa shape index (κ1) is 20.3. The van der Waals surface area contributed by atoms with Gasteiger partial charge in [0.2, 0.25) is 5.91 Å². The summed E-state index contributed by atoms with van der Waals surface area (Å²) in [6, 6.07) is 14.4. The molecule has 1 fully saturated rings. The van der Waals surface area contributed by atoms with Gasteiger partial charge in [-0.25, -0.2) is 0 Å². The maximum absolute atomic E-state index is 13.6. The second-order valence-electron chi connectivity index (χ2n) is 9.06. The molecule has 2 aliphatic rings. The molecule has 31 heavy (non-hydrogen) atoms. The van der Waals surface area contributed by atoms with Gasteiger partial charge in [-0.1, -0.05) is 49.6 Å². The quantitative estimate of drug-likeness (QED) is 0.636. The van der Waals surface area contributed by atoms with Crippen molar-refractivity contribution >= 4 is 33.4 Å². The Morgan fingerprint density at radius 2 is 1.94 bits per heavy atom. The molecule has 162 valence electrons. The van der Waals surface area contributed by atoms with E-state index in [0.717, 1.165) is 42.3 Å². The van der Waals surface area contributed by atoms with Crippen molar-refractivity contribution in [2.75, 3.05) is 6.54 Å². The van der Waals surface area contributed by atoms with Crippen LogP contribution in [0.5, 0.6) is 0 Å². The molecular weight excluding hydrogens is 406 g/mol. The second kappa shape index (κ2) is 8.15. The Hall–Kier alpha value is -2.60. The van der Waals surface area contributed by atoms with Gasteiger partial charge < -0.3 is 14.8 Å². The molecule has 0 saturated heterocycles. The van der Waals surface area contributed by atoms with Crippen molar-refractivity contribution in [1.82, 2.24) is 14.8 Å². The summed E-state index contributed by atoms with van der Waals surface area (Å²) in [5, 5.41) is 5.34. The molecule has 1 N–H and O–H groups in total. The molecule has 5 rings (SSSR count). The van der Waals surface area contributed by atoms with Gasteiger partial charge in [-0.15, -0.1) is 11.3 Å². The first-order valence-electron chi connectivity index (χ1n) is 11.3. The summed E-state index contributed by atoms with van der Waals surface area (Å²) in [5.41, 5.74) is 2.00. The van der Waals surface area contributed by atoms with E-state index in [1.165, 1.54) is 12.0 Å². The lowest BCUT2D eigenvalue weighted by Gasteiger charge is -2.45. The highest BCUT2D eigenvalue weighted by Crippen LogP contribution is 2.34. The maximum Gasteiger partial charge on any atom is 0.271 e. The van der Waals surface area contributed by atoms with E-state index in [4.69, 9.17) is 0 Å². The molecule has 1 aromatic carbocycles. The number of hydrogen-bond acceptors (Lipinski definition) is 3. The molecule has 1 unspecified atom stereocenters. The summed E-state index contributed by atoms with van der Waals surface area (Å²) < 4.78 is 3.15. The van der Waals surface area contributed by atoms with Crippen molar-refractivity contribution in [1.29, 1.82) is 0 Å². The van der Waals surface area contributed by atoms with Crippen LogP contribution in [-0.4, -0.2) is 39.4 Å². The normalized spacial score (nSPS) is 22.0. The smallest absolute Gasteiger partial charge is 0.271 e. The third-order valence-electron chi connectivity index (χ3n) is 6.95. The third kappa shape index (κ3) is 3.67.